The van der Waals surface area contributed by atoms with Crippen molar-refractivity contribution in [2.24, 2.45) is 0 Å². The number of fused-ring (bicyclic) bond motifs is 1. The average molecular weight is 372 g/mol. The second kappa shape index (κ2) is 6.81. The molecule has 0 radical (unpaired) electrons. The van der Waals surface area contributed by atoms with Crippen molar-refractivity contribution in [2.75, 3.05) is 13.7 Å². The molecule has 6 nitrogen and oxygen atoms in total. The van der Waals surface area contributed by atoms with Gasteiger partial charge in [0, 0.05) is 17.1 Å². The summed E-state index contributed by atoms with van der Waals surface area (Å²) in [5.41, 5.74) is 0.448. The Labute approximate surface area is 143 Å². The number of aromatic nitrogens is 2. The fourth-order valence-electron chi connectivity index (χ4n) is 2.28. The molecule has 0 aliphatic heterocycles. The van der Waals surface area contributed by atoms with Crippen LogP contribution in [0, 0.1) is 0 Å². The maximum Gasteiger partial charge on any atom is 0.418 e. The van der Waals surface area contributed by atoms with Crippen molar-refractivity contribution in [1.82, 2.24) is 9.97 Å². The summed E-state index contributed by atoms with van der Waals surface area (Å²) in [4.78, 5) is 19.2. The number of esters is 1. The van der Waals surface area contributed by atoms with Crippen LogP contribution in [0.25, 0.3) is 21.7 Å². The number of ether oxygens (including phenoxy) is 2. The summed E-state index contributed by atoms with van der Waals surface area (Å²) in [6.07, 6.45) is -4.46. The molecule has 1 unspecified atom stereocenters. The third-order valence-electron chi connectivity index (χ3n) is 3.35. The Balaban J connectivity index is 2.05. The lowest BCUT2D eigenvalue weighted by Crippen LogP contribution is -2.26. The van der Waals surface area contributed by atoms with Gasteiger partial charge in [-0.25, -0.2) is 14.8 Å². The first-order chi connectivity index (χ1) is 11.9. The van der Waals surface area contributed by atoms with Crippen LogP contribution in [0.5, 0.6) is 0 Å². The Kier molecular flexibility index (Phi) is 4.73. The van der Waals surface area contributed by atoms with E-state index in [2.05, 4.69) is 14.7 Å². The molecule has 0 amide bonds. The Morgan fingerprint density at radius 1 is 1.36 bits per heavy atom. The van der Waals surface area contributed by atoms with E-state index in [1.54, 1.807) is 11.6 Å². The van der Waals surface area contributed by atoms with Crippen molar-refractivity contribution in [3.05, 3.63) is 35.7 Å². The number of oxazole rings is 1. The van der Waals surface area contributed by atoms with E-state index in [-0.39, 0.29) is 16.7 Å². The van der Waals surface area contributed by atoms with Gasteiger partial charge in [-0.1, -0.05) is 6.07 Å². The molecule has 0 saturated carbocycles. The second-order valence-corrected chi connectivity index (χ2v) is 5.77. The molecule has 0 spiro atoms. The third-order valence-corrected chi connectivity index (χ3v) is 4.16. The monoisotopic (exact) mass is 372 g/mol. The second-order valence-electron chi connectivity index (χ2n) is 4.88. The van der Waals surface area contributed by atoms with Crippen molar-refractivity contribution in [2.45, 2.75) is 12.3 Å². The van der Waals surface area contributed by atoms with Gasteiger partial charge in [-0.3, -0.25) is 0 Å². The van der Waals surface area contributed by atoms with Crippen LogP contribution >= 0.6 is 11.3 Å². The molecule has 25 heavy (non-hydrogen) atoms. The van der Waals surface area contributed by atoms with Crippen LogP contribution in [0.15, 0.2) is 34.5 Å². The van der Waals surface area contributed by atoms with Gasteiger partial charge in [0.25, 0.3) is 0 Å². The topological polar surface area (TPSA) is 74.5 Å². The smallest absolute Gasteiger partial charge is 0.418 e. The van der Waals surface area contributed by atoms with Gasteiger partial charge in [0.2, 0.25) is 0 Å². The summed E-state index contributed by atoms with van der Waals surface area (Å²) >= 11 is 1.32. The van der Waals surface area contributed by atoms with Crippen molar-refractivity contribution in [3.63, 3.8) is 0 Å². The zero-order valence-electron chi connectivity index (χ0n) is 12.7. The number of hydrogen-bond acceptors (Lipinski definition) is 7. The number of hydrogen-bond donors (Lipinski definition) is 0. The van der Waals surface area contributed by atoms with Gasteiger partial charge in [-0.15, -0.1) is 11.3 Å². The number of benzene rings is 1. The maximum absolute atomic E-state index is 13.4. The van der Waals surface area contributed by atoms with Crippen molar-refractivity contribution in [3.8, 4) is 10.6 Å². The van der Waals surface area contributed by atoms with Crippen LogP contribution < -0.4 is 0 Å². The van der Waals surface area contributed by atoms with Crippen LogP contribution in [-0.2, 0) is 14.3 Å². The van der Waals surface area contributed by atoms with Crippen molar-refractivity contribution >= 4 is 28.4 Å². The highest BCUT2D eigenvalue weighted by Gasteiger charge is 2.44. The summed E-state index contributed by atoms with van der Waals surface area (Å²) in [6, 6.07) is 2.71. The molecule has 1 aromatic carbocycles. The van der Waals surface area contributed by atoms with E-state index in [0.717, 1.165) is 13.5 Å². The van der Waals surface area contributed by atoms with Crippen molar-refractivity contribution < 1.29 is 31.9 Å². The molecule has 0 bridgehead atoms. The summed E-state index contributed by atoms with van der Waals surface area (Å²) in [5, 5.41) is 2.33. The van der Waals surface area contributed by atoms with Crippen LogP contribution in [0.4, 0.5) is 13.2 Å². The Morgan fingerprint density at radius 2 is 2.16 bits per heavy atom. The fraction of sp³-hybridized carbons (Fsp3) is 0.267. The van der Waals surface area contributed by atoms with E-state index >= 15 is 0 Å². The lowest BCUT2D eigenvalue weighted by atomic mass is 10.0. The number of thiazole rings is 1. The minimum absolute atomic E-state index is 0.000101. The summed E-state index contributed by atoms with van der Waals surface area (Å²) in [6.45, 7) is -0.839. The predicted molar refractivity (Wildman–Crippen MR) is 81.9 cm³/mol. The maximum atomic E-state index is 13.4. The molecule has 3 aromatic rings. The lowest BCUT2D eigenvalue weighted by molar-refractivity contribution is -0.225. The third kappa shape index (κ3) is 3.49. The van der Waals surface area contributed by atoms with Crippen LogP contribution in [-0.4, -0.2) is 35.8 Å². The first kappa shape index (κ1) is 17.4. The van der Waals surface area contributed by atoms with Crippen molar-refractivity contribution in [1.29, 1.82) is 0 Å². The number of carbonyl (C=O) groups is 1. The molecule has 0 saturated heterocycles. The van der Waals surface area contributed by atoms with Gasteiger partial charge in [0.05, 0.1) is 12.7 Å². The molecular formula is C15H11F3N2O4S. The van der Waals surface area contributed by atoms with E-state index in [1.807, 2.05) is 0 Å². The van der Waals surface area contributed by atoms with Crippen LogP contribution in [0.2, 0.25) is 0 Å². The molecule has 10 heteroatoms. The van der Waals surface area contributed by atoms with E-state index in [4.69, 9.17) is 9.15 Å². The number of alkyl halides is 3. The molecular weight excluding hydrogens is 361 g/mol. The molecule has 0 aliphatic carbocycles. The van der Waals surface area contributed by atoms with E-state index in [1.165, 1.54) is 23.5 Å². The molecule has 2 aromatic heterocycles. The molecule has 0 fully saturated rings. The lowest BCUT2D eigenvalue weighted by Gasteiger charge is -2.21. The minimum Gasteiger partial charge on any atom is -0.467 e. The summed E-state index contributed by atoms with van der Waals surface area (Å²) in [7, 11) is 1.06. The minimum atomic E-state index is -4.75. The molecule has 2 heterocycles. The molecule has 0 N–H and O–H groups in total. The van der Waals surface area contributed by atoms with E-state index in [9.17, 15) is 18.0 Å². The van der Waals surface area contributed by atoms with Gasteiger partial charge in [-0.2, -0.15) is 13.2 Å². The average Bonchev–Trinajstić information content (AvgIpc) is 3.25. The highest BCUT2D eigenvalue weighted by molar-refractivity contribution is 7.13. The molecule has 132 valence electrons. The van der Waals surface area contributed by atoms with Crippen LogP contribution in [0.3, 0.4) is 0 Å². The standard InChI is InChI=1S/C15H11F3N2O4S/c1-22-10(21)6-23-13(15(16,17)18)8-2-3-9(14-19-4-5-25-14)12-11(8)20-7-24-12/h2-5,7,13H,6H2,1H3. The Morgan fingerprint density at radius 3 is 2.80 bits per heavy atom. The number of rotatable bonds is 5. The van der Waals surface area contributed by atoms with E-state index < -0.39 is 24.9 Å². The van der Waals surface area contributed by atoms with Gasteiger partial charge >= 0.3 is 12.1 Å². The van der Waals surface area contributed by atoms with Gasteiger partial charge in [0.1, 0.15) is 17.1 Å². The highest BCUT2D eigenvalue weighted by atomic mass is 32.1. The fourth-order valence-corrected chi connectivity index (χ4v) is 2.94. The number of nitrogens with zero attached hydrogens (tertiary/aromatic N) is 2. The van der Waals surface area contributed by atoms with Gasteiger partial charge < -0.3 is 13.9 Å². The first-order valence-corrected chi connectivity index (χ1v) is 7.81. The largest absolute Gasteiger partial charge is 0.467 e. The Hall–Kier alpha value is -2.46. The van der Waals surface area contributed by atoms with Gasteiger partial charge in [-0.05, 0) is 6.07 Å². The Bertz CT molecular complexity index is 877. The van der Waals surface area contributed by atoms with Gasteiger partial charge in [0.15, 0.2) is 18.1 Å². The quantitative estimate of drug-likeness (QED) is 0.635. The summed E-state index contributed by atoms with van der Waals surface area (Å²) in [5.74, 6) is -0.912. The SMILES string of the molecule is COC(=O)COC(c1ccc(-c2nccs2)c2ocnc12)C(F)(F)F. The predicted octanol–water partition coefficient (Wildman–Crippen LogP) is 3.74. The number of carbonyl (C=O) groups excluding carboxylic acids is 1. The zero-order chi connectivity index (χ0) is 18.0. The van der Waals surface area contributed by atoms with Crippen LogP contribution in [0.1, 0.15) is 11.7 Å². The molecule has 3 rings (SSSR count). The zero-order valence-corrected chi connectivity index (χ0v) is 13.6. The first-order valence-electron chi connectivity index (χ1n) is 6.93. The highest BCUT2D eigenvalue weighted by Crippen LogP contribution is 2.41. The summed E-state index contributed by atoms with van der Waals surface area (Å²) < 4.78 is 54.6. The van der Waals surface area contributed by atoms with E-state index in [0.29, 0.717) is 10.6 Å². The number of halogens is 3. The molecule has 0 aliphatic rings. The molecule has 1 atom stereocenters. The normalized spacial score (nSPS) is 13.1. The number of methoxy groups -OCH3 is 1.